The molecule has 6 heteroatoms. The highest BCUT2D eigenvalue weighted by Crippen LogP contribution is 2.53. The van der Waals surface area contributed by atoms with Gasteiger partial charge in [0.1, 0.15) is 23.4 Å². The predicted molar refractivity (Wildman–Crippen MR) is 165 cm³/mol. The third-order valence-corrected chi connectivity index (χ3v) is 8.20. The molecule has 2 aliphatic heterocycles. The first kappa shape index (κ1) is 29.7. The quantitative estimate of drug-likeness (QED) is 0.276. The van der Waals surface area contributed by atoms with Crippen molar-refractivity contribution in [1.82, 2.24) is 0 Å². The zero-order valence-corrected chi connectivity index (χ0v) is 24.9. The molecule has 0 aromatic heterocycles. The largest absolute Gasteiger partial charge is 0.377 e. The van der Waals surface area contributed by atoms with E-state index < -0.39 is 29.2 Å². The summed E-state index contributed by atoms with van der Waals surface area (Å²) in [6.45, 7) is 6.34. The van der Waals surface area contributed by atoms with Crippen LogP contribution < -0.4 is 0 Å². The molecule has 43 heavy (non-hydrogen) atoms. The van der Waals surface area contributed by atoms with Gasteiger partial charge >= 0.3 is 0 Å². The summed E-state index contributed by atoms with van der Waals surface area (Å²) in [5.74, 6) is -0.952. The van der Waals surface area contributed by atoms with E-state index in [1.165, 1.54) is 0 Å². The Bertz CT molecular complexity index is 1220. The monoisotopic (exact) mass is 580 g/mol. The summed E-state index contributed by atoms with van der Waals surface area (Å²) in [7, 11) is 0. The Hall–Kier alpha value is -3.36. The molecule has 2 atom stereocenters. The van der Waals surface area contributed by atoms with Gasteiger partial charge in [-0.15, -0.1) is 0 Å². The molecule has 4 aromatic carbocycles. The molecular weight excluding hydrogens is 540 g/mol. The molecule has 2 fully saturated rings. The van der Waals surface area contributed by atoms with Crippen LogP contribution in [0, 0.1) is 0 Å². The molecule has 0 radical (unpaired) electrons. The molecule has 6 rings (SSSR count). The third-order valence-electron chi connectivity index (χ3n) is 8.20. The van der Waals surface area contributed by atoms with E-state index in [1.54, 1.807) is 0 Å². The third kappa shape index (κ3) is 5.92. The molecule has 224 valence electrons. The van der Waals surface area contributed by atoms with Crippen LogP contribution >= 0.6 is 0 Å². The fourth-order valence-corrected chi connectivity index (χ4v) is 6.43. The van der Waals surface area contributed by atoms with Crippen molar-refractivity contribution in [1.29, 1.82) is 0 Å². The van der Waals surface area contributed by atoms with Crippen molar-refractivity contribution < 1.29 is 28.4 Å². The van der Waals surface area contributed by atoms with Gasteiger partial charge in [0, 0.05) is 0 Å². The molecule has 0 unspecified atom stereocenters. The first-order valence-corrected chi connectivity index (χ1v) is 15.1. The molecule has 0 aliphatic carbocycles. The van der Waals surface area contributed by atoms with Crippen LogP contribution in [-0.4, -0.2) is 57.6 Å². The van der Waals surface area contributed by atoms with E-state index in [4.69, 9.17) is 28.4 Å². The highest BCUT2D eigenvalue weighted by Gasteiger charge is 2.63. The first-order chi connectivity index (χ1) is 21.1. The van der Waals surface area contributed by atoms with Gasteiger partial charge in [-0.2, -0.15) is 0 Å². The zero-order valence-electron chi connectivity index (χ0n) is 24.9. The van der Waals surface area contributed by atoms with E-state index in [1.807, 2.05) is 86.6 Å². The maximum absolute atomic E-state index is 7.09. The van der Waals surface area contributed by atoms with Crippen LogP contribution in [-0.2, 0) is 39.6 Å². The molecule has 0 spiro atoms. The average molecular weight is 581 g/mol. The van der Waals surface area contributed by atoms with Gasteiger partial charge in [0.15, 0.2) is 5.79 Å². The van der Waals surface area contributed by atoms with Gasteiger partial charge in [0.25, 0.3) is 0 Å². The molecule has 2 saturated heterocycles. The molecule has 4 aromatic rings. The summed E-state index contributed by atoms with van der Waals surface area (Å²) in [6.07, 6.45) is -1.28. The van der Waals surface area contributed by atoms with Crippen molar-refractivity contribution in [3.05, 3.63) is 144 Å². The SMILES string of the molecule is CC1(C)O[C@@H]2[C@@H](O1)C(c1ccccc1)(c1ccccc1)OCCOCCOCCOC2(c1ccccc1)c1ccccc1. The van der Waals surface area contributed by atoms with Crippen LogP contribution in [0.15, 0.2) is 121 Å². The van der Waals surface area contributed by atoms with Crippen LogP contribution in [0.25, 0.3) is 0 Å². The zero-order chi connectivity index (χ0) is 29.6. The maximum atomic E-state index is 7.09. The van der Waals surface area contributed by atoms with Crippen molar-refractivity contribution in [2.45, 2.75) is 43.0 Å². The van der Waals surface area contributed by atoms with Gasteiger partial charge in [-0.3, -0.25) is 0 Å². The summed E-state index contributed by atoms with van der Waals surface area (Å²) in [5.41, 5.74) is 1.71. The predicted octanol–water partition coefficient (Wildman–Crippen LogP) is 6.47. The minimum absolute atomic E-state index is 0.335. The fraction of sp³-hybridized carbons (Fsp3) is 0.351. The van der Waals surface area contributed by atoms with Crippen molar-refractivity contribution in [3.63, 3.8) is 0 Å². The van der Waals surface area contributed by atoms with Gasteiger partial charge < -0.3 is 28.4 Å². The lowest BCUT2D eigenvalue weighted by Crippen LogP contribution is -2.57. The standard InChI is InChI=1S/C37H40O6/c1-35(2)42-33-34(43-35)37(31-19-11-5-12-20-31,32-21-13-6-14-22-32)41-28-26-39-24-23-38-25-27-40-36(33,29-15-7-3-8-16-29)30-17-9-4-10-18-30/h3-22,33-34H,23-28H2,1-2H3/t33-,34-/m1/s1. The summed E-state index contributed by atoms with van der Waals surface area (Å²) in [5, 5.41) is 0. The fourth-order valence-electron chi connectivity index (χ4n) is 6.43. The number of ether oxygens (including phenoxy) is 6. The number of benzene rings is 4. The lowest BCUT2D eigenvalue weighted by atomic mass is 9.71. The second kappa shape index (κ2) is 13.1. The van der Waals surface area contributed by atoms with Gasteiger partial charge in [-0.25, -0.2) is 0 Å². The highest BCUT2D eigenvalue weighted by atomic mass is 16.8. The van der Waals surface area contributed by atoms with E-state index >= 15 is 0 Å². The van der Waals surface area contributed by atoms with Gasteiger partial charge in [0.2, 0.25) is 0 Å². The molecule has 2 heterocycles. The second-order valence-electron chi connectivity index (χ2n) is 11.3. The minimum atomic E-state index is -1.07. The summed E-state index contributed by atoms with van der Waals surface area (Å²) in [6, 6.07) is 41.2. The maximum Gasteiger partial charge on any atom is 0.164 e. The Balaban J connectivity index is 1.65. The van der Waals surface area contributed by atoms with Gasteiger partial charge in [-0.1, -0.05) is 121 Å². The van der Waals surface area contributed by atoms with Crippen LogP contribution in [0.2, 0.25) is 0 Å². The van der Waals surface area contributed by atoms with Crippen LogP contribution in [0.4, 0.5) is 0 Å². The molecule has 0 bridgehead atoms. The molecule has 0 saturated carbocycles. The van der Waals surface area contributed by atoms with Crippen molar-refractivity contribution in [2.75, 3.05) is 39.6 Å². The Morgan fingerprint density at radius 3 is 1.00 bits per heavy atom. The number of rotatable bonds is 4. The number of hydrogen-bond acceptors (Lipinski definition) is 6. The highest BCUT2D eigenvalue weighted by molar-refractivity contribution is 5.44. The number of fused-ring (bicyclic) bond motifs is 1. The van der Waals surface area contributed by atoms with Crippen LogP contribution in [0.1, 0.15) is 36.1 Å². The normalized spacial score (nSPS) is 24.0. The summed E-state index contributed by atoms with van der Waals surface area (Å²) < 4.78 is 40.1. The Morgan fingerprint density at radius 2 is 0.698 bits per heavy atom. The molecule has 2 aliphatic rings. The van der Waals surface area contributed by atoms with E-state index in [2.05, 4.69) is 48.5 Å². The molecular formula is C37H40O6. The van der Waals surface area contributed by atoms with Crippen molar-refractivity contribution in [2.24, 2.45) is 0 Å². The molecule has 0 N–H and O–H groups in total. The smallest absolute Gasteiger partial charge is 0.164 e. The van der Waals surface area contributed by atoms with Crippen molar-refractivity contribution >= 4 is 0 Å². The van der Waals surface area contributed by atoms with Gasteiger partial charge in [0.05, 0.1) is 39.6 Å². The Kier molecular flexibility index (Phi) is 9.05. The number of hydrogen-bond donors (Lipinski definition) is 0. The van der Waals surface area contributed by atoms with Crippen LogP contribution in [0.5, 0.6) is 0 Å². The summed E-state index contributed by atoms with van der Waals surface area (Å²) in [4.78, 5) is 0. The Labute approximate surface area is 254 Å². The second-order valence-corrected chi connectivity index (χ2v) is 11.3. The van der Waals surface area contributed by atoms with E-state index in [0.29, 0.717) is 39.6 Å². The van der Waals surface area contributed by atoms with Gasteiger partial charge in [-0.05, 0) is 36.1 Å². The van der Waals surface area contributed by atoms with E-state index in [-0.39, 0.29) is 0 Å². The van der Waals surface area contributed by atoms with E-state index in [0.717, 1.165) is 22.3 Å². The van der Waals surface area contributed by atoms with E-state index in [9.17, 15) is 0 Å². The lowest BCUT2D eigenvalue weighted by Gasteiger charge is -2.47. The molecule has 0 amide bonds. The summed E-state index contributed by atoms with van der Waals surface area (Å²) >= 11 is 0. The topological polar surface area (TPSA) is 55.4 Å². The van der Waals surface area contributed by atoms with Crippen LogP contribution in [0.3, 0.4) is 0 Å². The minimum Gasteiger partial charge on any atom is -0.377 e. The molecule has 6 nitrogen and oxygen atoms in total. The Morgan fingerprint density at radius 1 is 0.419 bits per heavy atom. The lowest BCUT2D eigenvalue weighted by molar-refractivity contribution is -0.181. The average Bonchev–Trinajstić information content (AvgIpc) is 3.39. The van der Waals surface area contributed by atoms with Crippen molar-refractivity contribution in [3.8, 4) is 0 Å². The first-order valence-electron chi connectivity index (χ1n) is 15.1.